The number of rotatable bonds is 4. The van der Waals surface area contributed by atoms with Gasteiger partial charge < -0.3 is 0 Å². The largest absolute Gasteiger partial charge is 0.296 e. The maximum Gasteiger partial charge on any atom is 0.296 e. The number of aromatic nitrogens is 3. The van der Waals surface area contributed by atoms with Gasteiger partial charge in [-0.05, 0) is 37.1 Å². The van der Waals surface area contributed by atoms with E-state index in [0.29, 0.717) is 24.1 Å². The van der Waals surface area contributed by atoms with Crippen LogP contribution >= 0.6 is 0 Å². The van der Waals surface area contributed by atoms with E-state index >= 15 is 0 Å². The first-order chi connectivity index (χ1) is 13.0. The van der Waals surface area contributed by atoms with Gasteiger partial charge in [0.05, 0.1) is 15.3 Å². The van der Waals surface area contributed by atoms with Gasteiger partial charge in [-0.25, -0.2) is 13.1 Å². The van der Waals surface area contributed by atoms with Gasteiger partial charge in [-0.2, -0.15) is 4.31 Å². The van der Waals surface area contributed by atoms with Crippen LogP contribution in [0.5, 0.6) is 0 Å². The third-order valence-corrected chi connectivity index (χ3v) is 6.57. The fourth-order valence-electron chi connectivity index (χ4n) is 3.29. The molecule has 1 fully saturated rings. The van der Waals surface area contributed by atoms with E-state index in [1.165, 1.54) is 21.1 Å². The van der Waals surface area contributed by atoms with E-state index in [-0.39, 0.29) is 16.3 Å². The highest BCUT2D eigenvalue weighted by molar-refractivity contribution is 7.89. The van der Waals surface area contributed by atoms with Crippen LogP contribution < -0.4 is 0 Å². The van der Waals surface area contributed by atoms with Crippen LogP contribution in [0, 0.1) is 10.1 Å². The molecule has 0 aliphatic carbocycles. The van der Waals surface area contributed by atoms with Crippen molar-refractivity contribution in [2.45, 2.75) is 24.2 Å². The van der Waals surface area contributed by atoms with E-state index in [1.807, 2.05) is 0 Å². The average molecular weight is 387 g/mol. The Hall–Kier alpha value is -2.85. The van der Waals surface area contributed by atoms with Crippen molar-refractivity contribution < 1.29 is 13.3 Å². The summed E-state index contributed by atoms with van der Waals surface area (Å²) in [6.07, 6.45) is 2.58. The molecule has 0 saturated carbocycles. The molecule has 1 aliphatic heterocycles. The first-order valence-electron chi connectivity index (χ1n) is 8.58. The highest BCUT2D eigenvalue weighted by atomic mass is 32.2. The number of para-hydroxylation sites is 1. The predicted molar refractivity (Wildman–Crippen MR) is 98.1 cm³/mol. The van der Waals surface area contributed by atoms with Crippen LogP contribution in [-0.4, -0.2) is 45.7 Å². The van der Waals surface area contributed by atoms with Gasteiger partial charge in [-0.3, -0.25) is 10.1 Å². The van der Waals surface area contributed by atoms with Crippen molar-refractivity contribution in [1.82, 2.24) is 19.3 Å². The van der Waals surface area contributed by atoms with Crippen LogP contribution in [0.15, 0.2) is 47.4 Å². The normalized spacial score (nSPS) is 15.9. The lowest BCUT2D eigenvalue weighted by Crippen LogP contribution is -2.35. The third kappa shape index (κ3) is 3.06. The maximum atomic E-state index is 12.8. The van der Waals surface area contributed by atoms with Crippen LogP contribution in [0.1, 0.15) is 19.3 Å². The summed E-state index contributed by atoms with van der Waals surface area (Å²) in [5.41, 5.74) is 1.04. The molecule has 0 radical (unpaired) electrons. The van der Waals surface area contributed by atoms with E-state index in [1.54, 1.807) is 24.3 Å². The molecule has 0 amide bonds. The summed E-state index contributed by atoms with van der Waals surface area (Å²) >= 11 is 0. The Balaban J connectivity index is 1.83. The van der Waals surface area contributed by atoms with Gasteiger partial charge in [0.2, 0.25) is 10.0 Å². The van der Waals surface area contributed by atoms with Crippen molar-refractivity contribution in [1.29, 1.82) is 0 Å². The van der Waals surface area contributed by atoms with Crippen molar-refractivity contribution in [3.63, 3.8) is 0 Å². The quantitative estimate of drug-likeness (QED) is 0.502. The van der Waals surface area contributed by atoms with Gasteiger partial charge in [0.25, 0.3) is 5.69 Å². The smallest absolute Gasteiger partial charge is 0.258 e. The zero-order valence-electron chi connectivity index (χ0n) is 14.4. The minimum Gasteiger partial charge on any atom is -0.258 e. The second-order valence-electron chi connectivity index (χ2n) is 6.36. The molecule has 1 aromatic heterocycles. The summed E-state index contributed by atoms with van der Waals surface area (Å²) < 4.78 is 28.4. The standard InChI is InChI=1S/C17H17N5O4S/c23-22(24)17-12-13(27(25,26)20-10-4-1-5-11-20)8-9-16(17)21-15-7-3-2-6-14(15)18-19-21/h2-3,6-9,12H,1,4-5,10-11H2. The fraction of sp³-hybridized carbons (Fsp3) is 0.294. The minimum absolute atomic E-state index is 0.0794. The molecule has 0 N–H and O–H groups in total. The Labute approximate surface area is 155 Å². The summed E-state index contributed by atoms with van der Waals surface area (Å²) in [4.78, 5) is 11.0. The minimum atomic E-state index is -3.76. The van der Waals surface area contributed by atoms with E-state index in [0.717, 1.165) is 25.3 Å². The van der Waals surface area contributed by atoms with Crippen molar-refractivity contribution in [2.75, 3.05) is 13.1 Å². The molecular weight excluding hydrogens is 370 g/mol. The van der Waals surface area contributed by atoms with E-state index in [2.05, 4.69) is 10.3 Å². The second-order valence-corrected chi connectivity index (χ2v) is 8.30. The molecule has 3 aromatic rings. The van der Waals surface area contributed by atoms with Crippen LogP contribution in [0.4, 0.5) is 5.69 Å². The highest BCUT2D eigenvalue weighted by Gasteiger charge is 2.29. The van der Waals surface area contributed by atoms with Gasteiger partial charge in [0.15, 0.2) is 0 Å². The lowest BCUT2D eigenvalue weighted by Gasteiger charge is -2.25. The molecule has 0 spiro atoms. The zero-order valence-corrected chi connectivity index (χ0v) is 15.2. The third-order valence-electron chi connectivity index (χ3n) is 4.68. The molecular formula is C17H17N5O4S. The van der Waals surface area contributed by atoms with Crippen molar-refractivity contribution in [3.05, 3.63) is 52.6 Å². The summed E-state index contributed by atoms with van der Waals surface area (Å²) in [6.45, 7) is 0.872. The lowest BCUT2D eigenvalue weighted by molar-refractivity contribution is -0.384. The van der Waals surface area contributed by atoms with Crippen LogP contribution in [0.3, 0.4) is 0 Å². The number of sulfonamides is 1. The number of hydrogen-bond acceptors (Lipinski definition) is 6. The number of nitrogens with zero attached hydrogens (tertiary/aromatic N) is 5. The summed E-state index contributed by atoms with van der Waals surface area (Å²) in [7, 11) is -3.76. The molecule has 0 bridgehead atoms. The van der Waals surface area contributed by atoms with Crippen LogP contribution in [0.25, 0.3) is 16.7 Å². The molecule has 0 unspecified atom stereocenters. The molecule has 0 atom stereocenters. The van der Waals surface area contributed by atoms with E-state index in [9.17, 15) is 18.5 Å². The molecule has 27 heavy (non-hydrogen) atoms. The Bertz CT molecular complexity index is 1120. The monoisotopic (exact) mass is 387 g/mol. The number of fused-ring (bicyclic) bond motifs is 1. The fourth-order valence-corrected chi connectivity index (χ4v) is 4.83. The van der Waals surface area contributed by atoms with Gasteiger partial charge in [0, 0.05) is 19.2 Å². The molecule has 1 saturated heterocycles. The number of nitro benzene ring substituents is 1. The number of benzene rings is 2. The molecule has 10 heteroatoms. The van der Waals surface area contributed by atoms with Gasteiger partial charge >= 0.3 is 0 Å². The van der Waals surface area contributed by atoms with Crippen LogP contribution in [0.2, 0.25) is 0 Å². The lowest BCUT2D eigenvalue weighted by atomic mass is 10.2. The van der Waals surface area contributed by atoms with Crippen molar-refractivity contribution in [2.24, 2.45) is 0 Å². The van der Waals surface area contributed by atoms with Gasteiger partial charge in [-0.1, -0.05) is 23.8 Å². The van der Waals surface area contributed by atoms with E-state index in [4.69, 9.17) is 0 Å². The average Bonchev–Trinajstić information content (AvgIpc) is 3.12. The summed E-state index contributed by atoms with van der Waals surface area (Å²) in [5, 5.41) is 19.6. The van der Waals surface area contributed by atoms with Crippen LogP contribution in [-0.2, 0) is 10.0 Å². The first kappa shape index (κ1) is 17.6. The Morgan fingerprint density at radius 3 is 2.52 bits per heavy atom. The Morgan fingerprint density at radius 1 is 1.04 bits per heavy atom. The highest BCUT2D eigenvalue weighted by Crippen LogP contribution is 2.30. The predicted octanol–water partition coefficient (Wildman–Crippen LogP) is 2.50. The molecule has 1 aliphatic rings. The Kier molecular flexibility index (Phi) is 4.36. The molecule has 2 heterocycles. The van der Waals surface area contributed by atoms with Crippen molar-refractivity contribution >= 4 is 26.7 Å². The van der Waals surface area contributed by atoms with Crippen molar-refractivity contribution in [3.8, 4) is 5.69 Å². The summed E-state index contributed by atoms with van der Waals surface area (Å²) in [6, 6.07) is 11.0. The molecule has 2 aromatic carbocycles. The van der Waals surface area contributed by atoms with Gasteiger partial charge in [0.1, 0.15) is 11.2 Å². The Morgan fingerprint density at radius 2 is 1.78 bits per heavy atom. The zero-order chi connectivity index (χ0) is 19.0. The topological polar surface area (TPSA) is 111 Å². The van der Waals surface area contributed by atoms with Gasteiger partial charge in [-0.15, -0.1) is 5.10 Å². The molecule has 9 nitrogen and oxygen atoms in total. The summed E-state index contributed by atoms with van der Waals surface area (Å²) in [5.74, 6) is 0. The number of nitro groups is 1. The molecule has 140 valence electrons. The first-order valence-corrected chi connectivity index (χ1v) is 10.0. The molecule has 4 rings (SSSR count). The SMILES string of the molecule is O=[N+]([O-])c1cc(S(=O)(=O)N2CCCCC2)ccc1-n1nnc2ccccc21. The van der Waals surface area contributed by atoms with E-state index < -0.39 is 14.9 Å². The number of hydrogen-bond donors (Lipinski definition) is 0. The second kappa shape index (κ2) is 6.71. The maximum absolute atomic E-state index is 12.8. The number of piperidine rings is 1.